The van der Waals surface area contributed by atoms with E-state index in [1.165, 1.54) is 0 Å². The molecule has 0 aromatic carbocycles. The Kier molecular flexibility index (Phi) is 4.96. The van der Waals surface area contributed by atoms with Crippen molar-refractivity contribution in [2.45, 2.75) is 44.6 Å². The summed E-state index contributed by atoms with van der Waals surface area (Å²) in [5.41, 5.74) is -0.793. The molecule has 108 valence electrons. The topological polar surface area (TPSA) is 58.6 Å². The zero-order valence-electron chi connectivity index (χ0n) is 11.4. The van der Waals surface area contributed by atoms with Gasteiger partial charge < -0.3 is 15.0 Å². The molecule has 19 heavy (non-hydrogen) atoms. The second-order valence-corrected chi connectivity index (χ2v) is 6.17. The highest BCUT2D eigenvalue weighted by atomic mass is 32.2. The van der Waals surface area contributed by atoms with Gasteiger partial charge in [0.2, 0.25) is 0 Å². The van der Waals surface area contributed by atoms with Gasteiger partial charge in [0.05, 0.1) is 12.5 Å². The highest BCUT2D eigenvalue weighted by Gasteiger charge is 2.43. The molecule has 0 aromatic rings. The molecule has 2 rings (SSSR count). The molecule has 0 radical (unpaired) electrons. The van der Waals surface area contributed by atoms with E-state index in [-0.39, 0.29) is 12.0 Å². The second-order valence-electron chi connectivity index (χ2n) is 5.09. The maximum atomic E-state index is 12.2. The van der Waals surface area contributed by atoms with Crippen LogP contribution in [0.3, 0.4) is 0 Å². The van der Waals surface area contributed by atoms with Gasteiger partial charge in [-0.05, 0) is 19.8 Å². The molecule has 1 saturated heterocycles. The van der Waals surface area contributed by atoms with Crippen LogP contribution in [0.2, 0.25) is 0 Å². The Morgan fingerprint density at radius 1 is 1.32 bits per heavy atom. The van der Waals surface area contributed by atoms with Gasteiger partial charge in [-0.2, -0.15) is 0 Å². The summed E-state index contributed by atoms with van der Waals surface area (Å²) in [5, 5.41) is 2.96. The van der Waals surface area contributed by atoms with E-state index >= 15 is 0 Å². The van der Waals surface area contributed by atoms with E-state index < -0.39 is 5.54 Å². The van der Waals surface area contributed by atoms with Crippen molar-refractivity contribution >= 4 is 23.8 Å². The Morgan fingerprint density at radius 3 is 2.63 bits per heavy atom. The SMILES string of the molecule is CCOC(=O)C1(NC(=O)N2CCSC2)CCCCC1. The first-order valence-electron chi connectivity index (χ1n) is 7.00. The number of esters is 1. The van der Waals surface area contributed by atoms with Gasteiger partial charge in [-0.3, -0.25) is 0 Å². The minimum Gasteiger partial charge on any atom is -0.464 e. The van der Waals surface area contributed by atoms with Gasteiger partial charge >= 0.3 is 12.0 Å². The first kappa shape index (κ1) is 14.5. The third-order valence-corrected chi connectivity index (χ3v) is 4.72. The van der Waals surface area contributed by atoms with Crippen LogP contribution in [0.5, 0.6) is 0 Å². The molecule has 2 amide bonds. The summed E-state index contributed by atoms with van der Waals surface area (Å²) in [6.45, 7) is 2.92. The van der Waals surface area contributed by atoms with Crippen LogP contribution < -0.4 is 5.32 Å². The maximum absolute atomic E-state index is 12.2. The molecule has 1 aliphatic carbocycles. The average Bonchev–Trinajstić information content (AvgIpc) is 2.94. The number of nitrogens with zero attached hydrogens (tertiary/aromatic N) is 1. The molecule has 2 aliphatic rings. The molecule has 6 heteroatoms. The molecule has 1 saturated carbocycles. The van der Waals surface area contributed by atoms with Crippen molar-refractivity contribution < 1.29 is 14.3 Å². The maximum Gasteiger partial charge on any atom is 0.331 e. The Bertz CT molecular complexity index is 337. The molecule has 0 unspecified atom stereocenters. The van der Waals surface area contributed by atoms with E-state index in [9.17, 15) is 9.59 Å². The van der Waals surface area contributed by atoms with Crippen LogP contribution in [0.1, 0.15) is 39.0 Å². The van der Waals surface area contributed by atoms with Crippen LogP contribution in [0.4, 0.5) is 4.79 Å². The normalized spacial score (nSPS) is 22.1. The quantitative estimate of drug-likeness (QED) is 0.806. The zero-order chi connectivity index (χ0) is 13.7. The summed E-state index contributed by atoms with van der Waals surface area (Å²) < 4.78 is 5.17. The second kappa shape index (κ2) is 6.50. The largest absolute Gasteiger partial charge is 0.464 e. The predicted octanol–water partition coefficient (Wildman–Crippen LogP) is 1.97. The minimum absolute atomic E-state index is 0.125. The Balaban J connectivity index is 2.04. The summed E-state index contributed by atoms with van der Waals surface area (Å²) in [7, 11) is 0. The fourth-order valence-electron chi connectivity index (χ4n) is 2.66. The van der Waals surface area contributed by atoms with Gasteiger partial charge in [0.1, 0.15) is 5.54 Å². The van der Waals surface area contributed by atoms with Crippen molar-refractivity contribution in [2.75, 3.05) is 24.8 Å². The Hall–Kier alpha value is -0.910. The van der Waals surface area contributed by atoms with E-state index in [4.69, 9.17) is 4.74 Å². The van der Waals surface area contributed by atoms with E-state index in [0.29, 0.717) is 25.3 Å². The number of urea groups is 1. The molecular formula is C13H22N2O3S. The van der Waals surface area contributed by atoms with Gasteiger partial charge in [-0.25, -0.2) is 9.59 Å². The molecule has 1 heterocycles. The van der Waals surface area contributed by atoms with Gasteiger partial charge in [0.25, 0.3) is 0 Å². The fourth-order valence-corrected chi connectivity index (χ4v) is 3.61. The monoisotopic (exact) mass is 286 g/mol. The van der Waals surface area contributed by atoms with Crippen molar-refractivity contribution in [3.8, 4) is 0 Å². The lowest BCUT2D eigenvalue weighted by Gasteiger charge is -2.36. The highest BCUT2D eigenvalue weighted by molar-refractivity contribution is 7.99. The van der Waals surface area contributed by atoms with E-state index in [0.717, 1.165) is 31.6 Å². The standard InChI is InChI=1S/C13H22N2O3S/c1-2-18-11(16)13(6-4-3-5-7-13)14-12(17)15-8-9-19-10-15/h2-10H2,1H3,(H,14,17). The lowest BCUT2D eigenvalue weighted by molar-refractivity contribution is -0.152. The zero-order valence-corrected chi connectivity index (χ0v) is 12.3. The molecule has 0 aromatic heterocycles. The van der Waals surface area contributed by atoms with Gasteiger partial charge in [-0.15, -0.1) is 11.8 Å². The minimum atomic E-state index is -0.793. The van der Waals surface area contributed by atoms with Gasteiger partial charge in [0, 0.05) is 12.3 Å². The number of ether oxygens (including phenoxy) is 1. The van der Waals surface area contributed by atoms with E-state index in [1.807, 2.05) is 0 Å². The number of amides is 2. The summed E-state index contributed by atoms with van der Waals surface area (Å²) in [6.07, 6.45) is 4.44. The van der Waals surface area contributed by atoms with Crippen molar-refractivity contribution in [3.63, 3.8) is 0 Å². The third kappa shape index (κ3) is 3.35. The van der Waals surface area contributed by atoms with Gasteiger partial charge in [0.15, 0.2) is 0 Å². The number of nitrogens with one attached hydrogen (secondary N) is 1. The lowest BCUT2D eigenvalue weighted by Crippen LogP contribution is -2.59. The summed E-state index contributed by atoms with van der Waals surface area (Å²) in [6, 6.07) is -0.125. The van der Waals surface area contributed by atoms with Crippen LogP contribution in [-0.4, -0.2) is 47.2 Å². The summed E-state index contributed by atoms with van der Waals surface area (Å²) in [4.78, 5) is 26.2. The fraction of sp³-hybridized carbons (Fsp3) is 0.846. The summed E-state index contributed by atoms with van der Waals surface area (Å²) >= 11 is 1.74. The van der Waals surface area contributed by atoms with Gasteiger partial charge in [-0.1, -0.05) is 19.3 Å². The highest BCUT2D eigenvalue weighted by Crippen LogP contribution is 2.30. The molecule has 1 N–H and O–H groups in total. The van der Waals surface area contributed by atoms with Crippen LogP contribution in [0.25, 0.3) is 0 Å². The van der Waals surface area contributed by atoms with Crippen LogP contribution in [0, 0.1) is 0 Å². The van der Waals surface area contributed by atoms with Crippen molar-refractivity contribution in [3.05, 3.63) is 0 Å². The predicted molar refractivity (Wildman–Crippen MR) is 75.0 cm³/mol. The number of carbonyl (C=O) groups is 2. The first-order chi connectivity index (χ1) is 9.18. The number of thioether (sulfide) groups is 1. The molecule has 0 bridgehead atoms. The van der Waals surface area contributed by atoms with Crippen molar-refractivity contribution in [2.24, 2.45) is 0 Å². The van der Waals surface area contributed by atoms with Crippen LogP contribution in [-0.2, 0) is 9.53 Å². The molecule has 0 atom stereocenters. The van der Waals surface area contributed by atoms with Crippen molar-refractivity contribution in [1.82, 2.24) is 10.2 Å². The Morgan fingerprint density at radius 2 is 2.05 bits per heavy atom. The van der Waals surface area contributed by atoms with Crippen LogP contribution >= 0.6 is 11.8 Å². The number of rotatable bonds is 3. The lowest BCUT2D eigenvalue weighted by atomic mass is 9.81. The third-order valence-electron chi connectivity index (χ3n) is 3.76. The number of carbonyl (C=O) groups excluding carboxylic acids is 2. The molecule has 1 aliphatic heterocycles. The molecule has 2 fully saturated rings. The number of hydrogen-bond acceptors (Lipinski definition) is 4. The smallest absolute Gasteiger partial charge is 0.331 e. The van der Waals surface area contributed by atoms with E-state index in [2.05, 4.69) is 5.32 Å². The first-order valence-corrected chi connectivity index (χ1v) is 8.15. The number of hydrogen-bond donors (Lipinski definition) is 1. The average molecular weight is 286 g/mol. The van der Waals surface area contributed by atoms with E-state index in [1.54, 1.807) is 23.6 Å². The molecule has 5 nitrogen and oxygen atoms in total. The molecular weight excluding hydrogens is 264 g/mol. The summed E-state index contributed by atoms with van der Waals surface area (Å²) in [5.74, 6) is 1.42. The molecule has 0 spiro atoms. The Labute approximate surface area is 118 Å². The van der Waals surface area contributed by atoms with Crippen LogP contribution in [0.15, 0.2) is 0 Å². The van der Waals surface area contributed by atoms with Crippen molar-refractivity contribution in [1.29, 1.82) is 0 Å².